The fourth-order valence-electron chi connectivity index (χ4n) is 3.63. The van der Waals surface area contributed by atoms with Gasteiger partial charge in [0, 0.05) is 19.3 Å². The molecule has 2 atom stereocenters. The minimum absolute atomic E-state index is 0. The third kappa shape index (κ3) is 4.42. The summed E-state index contributed by atoms with van der Waals surface area (Å²) in [6.45, 7) is 5.43. The van der Waals surface area contributed by atoms with Crippen LogP contribution in [0.4, 0.5) is 0 Å². The first-order valence-corrected chi connectivity index (χ1v) is 9.68. The molecule has 2 aliphatic rings. The Labute approximate surface area is 171 Å². The van der Waals surface area contributed by atoms with Gasteiger partial charge in [0.2, 0.25) is 0 Å². The average molecular weight is 407 g/mol. The maximum absolute atomic E-state index is 12.9. The van der Waals surface area contributed by atoms with Crippen LogP contribution in [0.2, 0.25) is 0 Å². The maximum atomic E-state index is 12.9. The molecule has 3 heterocycles. The number of likely N-dealkylation sites (N-methyl/N-ethyl adjacent to an activating group) is 1. The zero-order valence-electron chi connectivity index (χ0n) is 16.0. The van der Waals surface area contributed by atoms with Crippen LogP contribution < -0.4 is 14.8 Å². The molecule has 1 N–H and O–H groups in total. The second-order valence-corrected chi connectivity index (χ2v) is 7.02. The Morgan fingerprint density at radius 1 is 1.32 bits per heavy atom. The number of piperidine rings is 1. The van der Waals surface area contributed by atoms with Gasteiger partial charge in [-0.15, -0.1) is 12.4 Å². The first kappa shape index (κ1) is 20.5. The van der Waals surface area contributed by atoms with Crippen LogP contribution >= 0.6 is 12.4 Å². The summed E-state index contributed by atoms with van der Waals surface area (Å²) in [5, 5.41) is 7.93. The van der Waals surface area contributed by atoms with Crippen molar-refractivity contribution in [3.63, 3.8) is 0 Å². The van der Waals surface area contributed by atoms with Crippen molar-refractivity contribution in [2.24, 2.45) is 0 Å². The Morgan fingerprint density at radius 2 is 2.14 bits per heavy atom. The predicted molar refractivity (Wildman–Crippen MR) is 109 cm³/mol. The summed E-state index contributed by atoms with van der Waals surface area (Å²) in [4.78, 5) is 14.7. The number of fused-ring (bicyclic) bond motifs is 1. The molecule has 0 spiro atoms. The fourth-order valence-corrected chi connectivity index (χ4v) is 3.63. The van der Waals surface area contributed by atoms with Crippen LogP contribution in [0.1, 0.15) is 36.3 Å². The normalized spacial score (nSPS) is 20.9. The van der Waals surface area contributed by atoms with E-state index in [0.717, 1.165) is 37.4 Å². The SMILES string of the molecule is CCN(CC1COc2ccccc2O1)C(=O)c1ccn(C2CCCNC2)n1.Cl. The van der Waals surface area contributed by atoms with Crippen LogP contribution in [0.5, 0.6) is 11.5 Å². The van der Waals surface area contributed by atoms with Crippen LogP contribution in [-0.2, 0) is 0 Å². The van der Waals surface area contributed by atoms with Gasteiger partial charge in [0.25, 0.3) is 5.91 Å². The lowest BCUT2D eigenvalue weighted by Crippen LogP contribution is -2.43. The molecule has 1 aromatic carbocycles. The summed E-state index contributed by atoms with van der Waals surface area (Å²) in [6, 6.07) is 9.75. The van der Waals surface area contributed by atoms with Crippen molar-refractivity contribution >= 4 is 18.3 Å². The number of hydrogen-bond acceptors (Lipinski definition) is 5. The first-order valence-electron chi connectivity index (χ1n) is 9.68. The molecule has 2 aromatic rings. The largest absolute Gasteiger partial charge is 0.486 e. The molecule has 0 radical (unpaired) electrons. The molecule has 2 unspecified atom stereocenters. The molecule has 1 saturated heterocycles. The van der Waals surface area contributed by atoms with Gasteiger partial charge >= 0.3 is 0 Å². The van der Waals surface area contributed by atoms with Gasteiger partial charge in [-0.25, -0.2) is 0 Å². The maximum Gasteiger partial charge on any atom is 0.274 e. The highest BCUT2D eigenvalue weighted by Gasteiger charge is 2.26. The van der Waals surface area contributed by atoms with Gasteiger partial charge in [-0.2, -0.15) is 5.10 Å². The summed E-state index contributed by atoms with van der Waals surface area (Å²) in [5.74, 6) is 1.41. The van der Waals surface area contributed by atoms with E-state index in [1.807, 2.05) is 48.1 Å². The van der Waals surface area contributed by atoms with E-state index in [1.54, 1.807) is 4.90 Å². The van der Waals surface area contributed by atoms with Crippen molar-refractivity contribution in [3.05, 3.63) is 42.2 Å². The van der Waals surface area contributed by atoms with E-state index in [1.165, 1.54) is 0 Å². The second-order valence-electron chi connectivity index (χ2n) is 7.02. The first-order chi connectivity index (χ1) is 13.2. The molecule has 28 heavy (non-hydrogen) atoms. The van der Waals surface area contributed by atoms with Gasteiger partial charge in [0.1, 0.15) is 12.3 Å². The number of benzene rings is 1. The van der Waals surface area contributed by atoms with Crippen LogP contribution in [0.25, 0.3) is 0 Å². The highest BCUT2D eigenvalue weighted by Crippen LogP contribution is 2.31. The Bertz CT molecular complexity index is 791. The highest BCUT2D eigenvalue weighted by molar-refractivity contribution is 5.92. The van der Waals surface area contributed by atoms with E-state index < -0.39 is 0 Å². The molecule has 4 rings (SSSR count). The number of aromatic nitrogens is 2. The number of carbonyl (C=O) groups excluding carboxylic acids is 1. The van der Waals surface area contributed by atoms with Crippen molar-refractivity contribution in [2.75, 3.05) is 32.8 Å². The monoisotopic (exact) mass is 406 g/mol. The van der Waals surface area contributed by atoms with Crippen molar-refractivity contribution in [3.8, 4) is 11.5 Å². The molecule has 1 fully saturated rings. The van der Waals surface area contributed by atoms with E-state index in [9.17, 15) is 4.79 Å². The molecule has 8 heteroatoms. The van der Waals surface area contributed by atoms with Crippen LogP contribution in [-0.4, -0.2) is 59.5 Å². The number of halogens is 1. The predicted octanol–water partition coefficient (Wildman–Crippen LogP) is 2.53. The Morgan fingerprint density at radius 3 is 2.89 bits per heavy atom. The molecular formula is C20H27ClN4O3. The molecule has 0 saturated carbocycles. The van der Waals surface area contributed by atoms with Gasteiger partial charge in [0.15, 0.2) is 17.6 Å². The third-order valence-corrected chi connectivity index (χ3v) is 5.13. The van der Waals surface area contributed by atoms with Gasteiger partial charge in [-0.3, -0.25) is 9.48 Å². The Balaban J connectivity index is 0.00000225. The molecule has 0 aliphatic carbocycles. The molecule has 2 aliphatic heterocycles. The second kappa shape index (κ2) is 9.30. The zero-order valence-corrected chi connectivity index (χ0v) is 16.9. The molecule has 152 valence electrons. The van der Waals surface area contributed by atoms with Gasteiger partial charge in [-0.1, -0.05) is 12.1 Å². The summed E-state index contributed by atoms with van der Waals surface area (Å²) < 4.78 is 13.7. The summed E-state index contributed by atoms with van der Waals surface area (Å²) >= 11 is 0. The van der Waals surface area contributed by atoms with E-state index in [2.05, 4.69) is 10.4 Å². The molecule has 7 nitrogen and oxygen atoms in total. The average Bonchev–Trinajstić information content (AvgIpc) is 3.22. The Hall–Kier alpha value is -2.25. The lowest BCUT2D eigenvalue weighted by Gasteiger charge is -2.30. The number of amides is 1. The van der Waals surface area contributed by atoms with Crippen molar-refractivity contribution in [1.82, 2.24) is 20.0 Å². The molecule has 0 bridgehead atoms. The summed E-state index contributed by atoms with van der Waals surface area (Å²) in [5.41, 5.74) is 0.486. The molecule has 1 aromatic heterocycles. The zero-order chi connectivity index (χ0) is 18.6. The standard InChI is InChI=1S/C20H26N4O3.ClH/c1-2-23(13-16-14-26-18-7-3-4-8-19(18)27-16)20(25)17-9-11-24(22-17)15-6-5-10-21-12-15;/h3-4,7-9,11,15-16,21H,2,5-6,10,12-14H2,1H3;1H. The van der Waals surface area contributed by atoms with E-state index in [-0.39, 0.29) is 24.4 Å². The number of hydrogen-bond donors (Lipinski definition) is 1. The van der Waals surface area contributed by atoms with Crippen LogP contribution in [0.3, 0.4) is 0 Å². The number of carbonyl (C=O) groups is 1. The van der Waals surface area contributed by atoms with Crippen molar-refractivity contribution in [1.29, 1.82) is 0 Å². The van der Waals surface area contributed by atoms with Crippen LogP contribution in [0.15, 0.2) is 36.5 Å². The lowest BCUT2D eigenvalue weighted by molar-refractivity contribution is 0.0470. The third-order valence-electron chi connectivity index (χ3n) is 5.13. The number of ether oxygens (including phenoxy) is 2. The minimum Gasteiger partial charge on any atom is -0.486 e. The van der Waals surface area contributed by atoms with E-state index in [0.29, 0.717) is 31.4 Å². The number of para-hydroxylation sites is 2. The number of nitrogens with zero attached hydrogens (tertiary/aromatic N) is 3. The molecular weight excluding hydrogens is 380 g/mol. The summed E-state index contributed by atoms with van der Waals surface area (Å²) in [6.07, 6.45) is 3.95. The smallest absolute Gasteiger partial charge is 0.274 e. The number of rotatable bonds is 5. The van der Waals surface area contributed by atoms with Gasteiger partial charge in [0.05, 0.1) is 12.6 Å². The van der Waals surface area contributed by atoms with Gasteiger partial charge in [-0.05, 0) is 44.5 Å². The fraction of sp³-hybridized carbons (Fsp3) is 0.500. The van der Waals surface area contributed by atoms with E-state index >= 15 is 0 Å². The number of nitrogens with one attached hydrogen (secondary N) is 1. The van der Waals surface area contributed by atoms with Crippen LogP contribution in [0, 0.1) is 0 Å². The minimum atomic E-state index is -0.187. The summed E-state index contributed by atoms with van der Waals surface area (Å²) in [7, 11) is 0. The van der Waals surface area contributed by atoms with E-state index in [4.69, 9.17) is 9.47 Å². The topological polar surface area (TPSA) is 68.6 Å². The quantitative estimate of drug-likeness (QED) is 0.826. The highest BCUT2D eigenvalue weighted by atomic mass is 35.5. The Kier molecular flexibility index (Phi) is 6.80. The lowest BCUT2D eigenvalue weighted by atomic mass is 10.1. The van der Waals surface area contributed by atoms with Crippen molar-refractivity contribution < 1.29 is 14.3 Å². The van der Waals surface area contributed by atoms with Crippen molar-refractivity contribution in [2.45, 2.75) is 31.9 Å². The molecule has 1 amide bonds. The van der Waals surface area contributed by atoms with Gasteiger partial charge < -0.3 is 19.7 Å².